The van der Waals surface area contributed by atoms with Crippen LogP contribution in [0.15, 0.2) is 12.2 Å². The molecule has 2 rings (SSSR count). The van der Waals surface area contributed by atoms with Crippen LogP contribution in [0, 0.1) is 16.7 Å². The Balaban J connectivity index is 2.38. The Hall–Kier alpha value is -1.32. The number of rotatable bonds is 2. The van der Waals surface area contributed by atoms with E-state index < -0.39 is 17.4 Å². The van der Waals surface area contributed by atoms with Crippen molar-refractivity contribution in [1.82, 2.24) is 0 Å². The highest BCUT2D eigenvalue weighted by atomic mass is 16.5. The lowest BCUT2D eigenvalue weighted by atomic mass is 9.75. The van der Waals surface area contributed by atoms with Gasteiger partial charge in [0.15, 0.2) is 5.41 Å². The van der Waals surface area contributed by atoms with E-state index in [1.54, 1.807) is 0 Å². The Labute approximate surface area is 114 Å². The van der Waals surface area contributed by atoms with Crippen molar-refractivity contribution in [1.29, 1.82) is 0 Å². The Kier molecular flexibility index (Phi) is 3.70. The van der Waals surface area contributed by atoms with E-state index in [0.29, 0.717) is 12.8 Å². The first-order valence-corrected chi connectivity index (χ1v) is 6.82. The molecular weight excluding hydrogens is 244 g/mol. The number of fused-ring (bicyclic) bond motifs is 1. The number of methoxy groups -OCH3 is 2. The van der Waals surface area contributed by atoms with Gasteiger partial charge in [0.25, 0.3) is 0 Å². The molecule has 2 aliphatic rings. The standard InChI is InChI=1S/C15H22O4/c1-14-8-6-4-5-7-11(14)9-15(10-14,12(16)18-2)13(17)19-3/h5,7,11H,4,6,8-10H2,1-3H3/t11-,14+/m1/s1. The molecular formula is C15H22O4. The molecule has 0 saturated heterocycles. The summed E-state index contributed by atoms with van der Waals surface area (Å²) in [6.07, 6.45) is 8.56. The maximum Gasteiger partial charge on any atom is 0.323 e. The van der Waals surface area contributed by atoms with E-state index in [2.05, 4.69) is 19.1 Å². The highest BCUT2D eigenvalue weighted by molar-refractivity contribution is 6.00. The average molecular weight is 266 g/mol. The highest BCUT2D eigenvalue weighted by Crippen LogP contribution is 2.57. The van der Waals surface area contributed by atoms with E-state index in [1.807, 2.05) is 0 Å². The van der Waals surface area contributed by atoms with Crippen molar-refractivity contribution in [3.05, 3.63) is 12.2 Å². The van der Waals surface area contributed by atoms with E-state index in [9.17, 15) is 9.59 Å². The molecule has 0 heterocycles. The fraction of sp³-hybridized carbons (Fsp3) is 0.733. The summed E-state index contributed by atoms with van der Waals surface area (Å²) in [7, 11) is 2.67. The van der Waals surface area contributed by atoms with Gasteiger partial charge in [0.1, 0.15) is 0 Å². The average Bonchev–Trinajstić information content (AvgIpc) is 2.60. The molecule has 0 unspecified atom stereocenters. The largest absolute Gasteiger partial charge is 0.468 e. The number of allylic oxidation sites excluding steroid dienone is 2. The number of esters is 2. The summed E-state index contributed by atoms with van der Waals surface area (Å²) in [4.78, 5) is 24.3. The van der Waals surface area contributed by atoms with Crippen LogP contribution in [0.5, 0.6) is 0 Å². The summed E-state index contributed by atoms with van der Waals surface area (Å²) in [5, 5.41) is 0. The maximum absolute atomic E-state index is 12.2. The molecule has 0 N–H and O–H groups in total. The smallest absolute Gasteiger partial charge is 0.323 e. The lowest BCUT2D eigenvalue weighted by Gasteiger charge is -2.29. The van der Waals surface area contributed by atoms with Gasteiger partial charge in [-0.25, -0.2) is 0 Å². The predicted molar refractivity (Wildman–Crippen MR) is 70.3 cm³/mol. The molecule has 0 radical (unpaired) electrons. The lowest BCUT2D eigenvalue weighted by Crippen LogP contribution is -2.40. The van der Waals surface area contributed by atoms with Crippen LogP contribution in [-0.4, -0.2) is 26.2 Å². The molecule has 1 fully saturated rings. The minimum atomic E-state index is -1.12. The van der Waals surface area contributed by atoms with Crippen LogP contribution >= 0.6 is 0 Å². The molecule has 0 aromatic carbocycles. The van der Waals surface area contributed by atoms with Gasteiger partial charge in [0, 0.05) is 0 Å². The van der Waals surface area contributed by atoms with Gasteiger partial charge in [-0.1, -0.05) is 19.1 Å². The fourth-order valence-corrected chi connectivity index (χ4v) is 3.76. The molecule has 19 heavy (non-hydrogen) atoms. The minimum Gasteiger partial charge on any atom is -0.468 e. The molecule has 0 aliphatic heterocycles. The molecule has 106 valence electrons. The molecule has 4 nitrogen and oxygen atoms in total. The monoisotopic (exact) mass is 266 g/mol. The first kappa shape index (κ1) is 14.1. The number of carbonyl (C=O) groups excluding carboxylic acids is 2. The molecule has 2 aliphatic carbocycles. The fourth-order valence-electron chi connectivity index (χ4n) is 3.76. The van der Waals surface area contributed by atoms with Crippen LogP contribution < -0.4 is 0 Å². The van der Waals surface area contributed by atoms with Crippen LogP contribution in [0.25, 0.3) is 0 Å². The van der Waals surface area contributed by atoms with Crippen molar-refractivity contribution < 1.29 is 19.1 Å². The van der Waals surface area contributed by atoms with E-state index in [-0.39, 0.29) is 11.3 Å². The molecule has 4 heteroatoms. The van der Waals surface area contributed by atoms with Crippen molar-refractivity contribution in [2.75, 3.05) is 14.2 Å². The zero-order chi connectivity index (χ0) is 14.1. The predicted octanol–water partition coefficient (Wildman–Crippen LogP) is 2.48. The third-order valence-electron chi connectivity index (χ3n) is 4.81. The van der Waals surface area contributed by atoms with Gasteiger partial charge in [-0.15, -0.1) is 0 Å². The van der Waals surface area contributed by atoms with Crippen molar-refractivity contribution in [3.8, 4) is 0 Å². The minimum absolute atomic E-state index is 0.0185. The summed E-state index contributed by atoms with van der Waals surface area (Å²) in [6, 6.07) is 0. The van der Waals surface area contributed by atoms with E-state index >= 15 is 0 Å². The van der Waals surface area contributed by atoms with Crippen LogP contribution in [0.4, 0.5) is 0 Å². The van der Waals surface area contributed by atoms with Crippen LogP contribution in [0.1, 0.15) is 39.0 Å². The van der Waals surface area contributed by atoms with Crippen LogP contribution in [-0.2, 0) is 19.1 Å². The second-order valence-corrected chi connectivity index (χ2v) is 6.03. The van der Waals surface area contributed by atoms with Gasteiger partial charge in [-0.2, -0.15) is 0 Å². The van der Waals surface area contributed by atoms with E-state index in [4.69, 9.17) is 9.47 Å². The Bertz CT molecular complexity index is 396. The van der Waals surface area contributed by atoms with Gasteiger partial charge >= 0.3 is 11.9 Å². The molecule has 0 amide bonds. The van der Waals surface area contributed by atoms with Crippen molar-refractivity contribution in [2.24, 2.45) is 16.7 Å². The molecule has 0 bridgehead atoms. The van der Waals surface area contributed by atoms with Crippen LogP contribution in [0.3, 0.4) is 0 Å². The summed E-state index contributed by atoms with van der Waals surface area (Å²) in [5.41, 5.74) is -1.14. The lowest BCUT2D eigenvalue weighted by molar-refractivity contribution is -0.169. The Morgan fingerprint density at radius 2 is 1.84 bits per heavy atom. The SMILES string of the molecule is COC(=O)C1(C(=O)OC)C[C@H]2C=CCCC[C@@]2(C)C1. The first-order valence-electron chi connectivity index (χ1n) is 6.82. The topological polar surface area (TPSA) is 52.6 Å². The molecule has 0 aromatic rings. The normalized spacial score (nSPS) is 32.3. The zero-order valence-corrected chi connectivity index (χ0v) is 11.9. The van der Waals surface area contributed by atoms with Crippen molar-refractivity contribution in [3.63, 3.8) is 0 Å². The number of hydrogen-bond donors (Lipinski definition) is 0. The van der Waals surface area contributed by atoms with E-state index in [0.717, 1.165) is 19.3 Å². The number of carbonyl (C=O) groups is 2. The van der Waals surface area contributed by atoms with Gasteiger partial charge in [-0.3, -0.25) is 9.59 Å². The second kappa shape index (κ2) is 4.99. The summed E-state index contributed by atoms with van der Waals surface area (Å²) < 4.78 is 9.76. The second-order valence-electron chi connectivity index (χ2n) is 6.03. The van der Waals surface area contributed by atoms with Gasteiger partial charge < -0.3 is 9.47 Å². The van der Waals surface area contributed by atoms with Crippen molar-refractivity contribution >= 4 is 11.9 Å². The molecule has 2 atom stereocenters. The van der Waals surface area contributed by atoms with Crippen molar-refractivity contribution in [2.45, 2.75) is 39.0 Å². The van der Waals surface area contributed by atoms with E-state index in [1.165, 1.54) is 14.2 Å². The zero-order valence-electron chi connectivity index (χ0n) is 11.9. The summed E-state index contributed by atoms with van der Waals surface area (Å²) in [6.45, 7) is 2.17. The van der Waals surface area contributed by atoms with Gasteiger partial charge in [-0.05, 0) is 43.4 Å². The third-order valence-corrected chi connectivity index (χ3v) is 4.81. The van der Waals surface area contributed by atoms with Gasteiger partial charge in [0.2, 0.25) is 0 Å². The summed E-state index contributed by atoms with van der Waals surface area (Å²) >= 11 is 0. The molecule has 1 saturated carbocycles. The Morgan fingerprint density at radius 1 is 1.21 bits per heavy atom. The van der Waals surface area contributed by atoms with Crippen LogP contribution in [0.2, 0.25) is 0 Å². The Morgan fingerprint density at radius 3 is 2.42 bits per heavy atom. The number of ether oxygens (including phenoxy) is 2. The maximum atomic E-state index is 12.2. The number of hydrogen-bond acceptors (Lipinski definition) is 4. The highest BCUT2D eigenvalue weighted by Gasteiger charge is 2.60. The third kappa shape index (κ3) is 2.17. The summed E-state index contributed by atoms with van der Waals surface area (Å²) in [5.74, 6) is -0.669. The molecule has 0 spiro atoms. The first-order chi connectivity index (χ1) is 8.98. The quantitative estimate of drug-likeness (QED) is 0.438. The molecule has 0 aromatic heterocycles. The van der Waals surface area contributed by atoms with Gasteiger partial charge in [0.05, 0.1) is 14.2 Å².